The van der Waals surface area contributed by atoms with E-state index in [9.17, 15) is 5.26 Å². The average Bonchev–Trinajstić information content (AvgIpc) is 2.70. The summed E-state index contributed by atoms with van der Waals surface area (Å²) >= 11 is 0. The van der Waals surface area contributed by atoms with Crippen LogP contribution in [-0.2, 0) is 4.52 Å². The van der Waals surface area contributed by atoms with Crippen LogP contribution < -0.4 is 14.4 Å². The lowest BCUT2D eigenvalue weighted by Crippen LogP contribution is -2.35. The van der Waals surface area contributed by atoms with E-state index in [2.05, 4.69) is 16.0 Å². The smallest absolute Gasteiger partial charge is 0.327 e. The number of benzene rings is 1. The number of ether oxygens (including phenoxy) is 2. The molecule has 1 aromatic carbocycles. The van der Waals surface area contributed by atoms with Crippen molar-refractivity contribution >= 4 is 25.2 Å². The second-order valence-electron chi connectivity index (χ2n) is 6.34. The van der Waals surface area contributed by atoms with Gasteiger partial charge in [-0.1, -0.05) is 0 Å². The molecule has 2 heterocycles. The van der Waals surface area contributed by atoms with E-state index in [-0.39, 0.29) is 5.92 Å². The molecule has 0 bridgehead atoms. The summed E-state index contributed by atoms with van der Waals surface area (Å²) in [7, 11) is 0.852. The third kappa shape index (κ3) is 4.23. The van der Waals surface area contributed by atoms with Gasteiger partial charge in [-0.15, -0.1) is 0 Å². The van der Waals surface area contributed by atoms with Crippen LogP contribution in [-0.4, -0.2) is 48.7 Å². The van der Waals surface area contributed by atoms with Crippen molar-refractivity contribution in [3.8, 4) is 17.6 Å². The van der Waals surface area contributed by atoms with Crippen molar-refractivity contribution in [3.63, 3.8) is 0 Å². The van der Waals surface area contributed by atoms with E-state index in [0.717, 1.165) is 37.0 Å². The van der Waals surface area contributed by atoms with Crippen molar-refractivity contribution in [2.75, 3.05) is 38.8 Å². The molecule has 27 heavy (non-hydrogen) atoms. The molecule has 3 rings (SSSR count). The van der Waals surface area contributed by atoms with Gasteiger partial charge < -0.3 is 28.7 Å². The molecule has 0 radical (unpaired) electrons. The van der Waals surface area contributed by atoms with Gasteiger partial charge in [0.25, 0.3) is 0 Å². The number of rotatable bonds is 6. The van der Waals surface area contributed by atoms with Crippen molar-refractivity contribution in [2.24, 2.45) is 5.92 Å². The number of anilines is 1. The van der Waals surface area contributed by atoms with Gasteiger partial charge in [-0.25, -0.2) is 0 Å². The van der Waals surface area contributed by atoms with Gasteiger partial charge in [-0.2, -0.15) is 5.26 Å². The lowest BCUT2D eigenvalue weighted by atomic mass is 9.96. The Morgan fingerprint density at radius 1 is 1.26 bits per heavy atom. The summed E-state index contributed by atoms with van der Waals surface area (Å²) in [4.78, 5) is 24.4. The normalized spacial score (nSPS) is 15.2. The summed E-state index contributed by atoms with van der Waals surface area (Å²) in [6.45, 7) is 1.79. The predicted octanol–water partition coefficient (Wildman–Crippen LogP) is 2.57. The first-order valence-electron chi connectivity index (χ1n) is 8.58. The zero-order valence-electron chi connectivity index (χ0n) is 15.3. The maximum atomic E-state index is 9.61. The van der Waals surface area contributed by atoms with Gasteiger partial charge in [0, 0.05) is 30.7 Å². The Bertz CT molecular complexity index is 847. The fourth-order valence-corrected chi connectivity index (χ4v) is 3.77. The first-order chi connectivity index (χ1) is 13.1. The van der Waals surface area contributed by atoms with Crippen LogP contribution in [0.1, 0.15) is 18.4 Å². The van der Waals surface area contributed by atoms with Gasteiger partial charge in [0.05, 0.1) is 32.1 Å². The van der Waals surface area contributed by atoms with Gasteiger partial charge in [0.2, 0.25) is 0 Å². The molecule has 0 atom stereocenters. The highest BCUT2D eigenvalue weighted by molar-refractivity contribution is 7.39. The second kappa shape index (κ2) is 8.68. The van der Waals surface area contributed by atoms with Crippen LogP contribution in [0, 0.1) is 17.2 Å². The number of aromatic nitrogens is 1. The quantitative estimate of drug-likeness (QED) is 0.724. The van der Waals surface area contributed by atoms with Gasteiger partial charge in [-0.05, 0) is 24.8 Å². The number of nitriles is 1. The maximum absolute atomic E-state index is 9.61. The van der Waals surface area contributed by atoms with Crippen LogP contribution in [0.5, 0.6) is 11.5 Å². The molecule has 0 amide bonds. The van der Waals surface area contributed by atoms with Gasteiger partial charge in [0.15, 0.2) is 0 Å². The molecule has 1 aliphatic rings. The van der Waals surface area contributed by atoms with Gasteiger partial charge in [0.1, 0.15) is 23.1 Å². The molecular formula is C18H22N3O5P. The van der Waals surface area contributed by atoms with Crippen LogP contribution in [0.2, 0.25) is 0 Å². The Labute approximate surface area is 158 Å². The van der Waals surface area contributed by atoms with E-state index >= 15 is 0 Å². The Kier molecular flexibility index (Phi) is 6.30. The first kappa shape index (κ1) is 19.6. The first-order valence-corrected chi connectivity index (χ1v) is 9.74. The summed E-state index contributed by atoms with van der Waals surface area (Å²) in [5, 5.41) is 10.4. The molecule has 0 saturated carbocycles. The maximum Gasteiger partial charge on any atom is 0.327 e. The predicted molar refractivity (Wildman–Crippen MR) is 102 cm³/mol. The molecule has 0 spiro atoms. The number of hydrogen-bond donors (Lipinski definition) is 2. The molecule has 0 aliphatic carbocycles. The zero-order chi connectivity index (χ0) is 19.4. The number of pyridine rings is 1. The zero-order valence-corrected chi connectivity index (χ0v) is 16.1. The summed E-state index contributed by atoms with van der Waals surface area (Å²) in [5.41, 5.74) is 2.01. The molecule has 2 aromatic rings. The van der Waals surface area contributed by atoms with E-state index in [1.54, 1.807) is 26.5 Å². The molecule has 1 aliphatic heterocycles. The molecule has 1 fully saturated rings. The third-order valence-corrected chi connectivity index (χ3v) is 5.19. The molecule has 1 aromatic heterocycles. The largest absolute Gasteiger partial charge is 0.497 e. The van der Waals surface area contributed by atoms with Crippen molar-refractivity contribution in [1.82, 2.24) is 4.98 Å². The monoisotopic (exact) mass is 391 g/mol. The van der Waals surface area contributed by atoms with Crippen LogP contribution in [0.15, 0.2) is 18.3 Å². The summed E-state index contributed by atoms with van der Waals surface area (Å²) in [5.74, 6) is 1.49. The Morgan fingerprint density at radius 3 is 2.59 bits per heavy atom. The van der Waals surface area contributed by atoms with Crippen molar-refractivity contribution < 1.29 is 23.8 Å². The fourth-order valence-electron chi connectivity index (χ4n) is 3.42. The van der Waals surface area contributed by atoms with Crippen LogP contribution in [0.4, 0.5) is 5.69 Å². The average molecular weight is 391 g/mol. The summed E-state index contributed by atoms with van der Waals surface area (Å²) in [6.07, 6.45) is 3.24. The minimum absolute atomic E-state index is 0.258. The van der Waals surface area contributed by atoms with E-state index in [0.29, 0.717) is 29.2 Å². The molecule has 1 saturated heterocycles. The van der Waals surface area contributed by atoms with Crippen LogP contribution in [0.25, 0.3) is 10.9 Å². The summed E-state index contributed by atoms with van der Waals surface area (Å²) in [6, 6.07) is 5.89. The topological polar surface area (TPSA) is 108 Å². The van der Waals surface area contributed by atoms with Gasteiger partial charge in [-0.3, -0.25) is 4.98 Å². The number of methoxy groups -OCH3 is 2. The van der Waals surface area contributed by atoms with Crippen molar-refractivity contribution in [3.05, 3.63) is 23.9 Å². The number of piperidine rings is 1. The summed E-state index contributed by atoms with van der Waals surface area (Å²) < 4.78 is 15.8. The highest BCUT2D eigenvalue weighted by Gasteiger charge is 2.25. The minimum Gasteiger partial charge on any atom is -0.497 e. The highest BCUT2D eigenvalue weighted by Crippen LogP contribution is 2.39. The number of fused-ring (bicyclic) bond motifs is 1. The molecule has 0 unspecified atom stereocenters. The fraction of sp³-hybridized carbons (Fsp3) is 0.444. The lowest BCUT2D eigenvalue weighted by molar-refractivity contribution is 0.194. The van der Waals surface area contributed by atoms with E-state index in [1.165, 1.54) is 0 Å². The Morgan fingerprint density at radius 2 is 2.00 bits per heavy atom. The molecule has 9 heteroatoms. The lowest BCUT2D eigenvalue weighted by Gasteiger charge is -2.34. The Hall–Kier alpha value is -2.17. The van der Waals surface area contributed by atoms with E-state index in [4.69, 9.17) is 23.8 Å². The molecule has 2 N–H and O–H groups in total. The SMILES string of the molecule is COc1cc(OC)c2ncc(C#N)c(N3CCC(COP(O)O)CC3)c2c1. The van der Waals surface area contributed by atoms with Gasteiger partial charge >= 0.3 is 8.60 Å². The minimum atomic E-state index is -2.32. The highest BCUT2D eigenvalue weighted by atomic mass is 31.2. The molecule has 8 nitrogen and oxygen atoms in total. The molecular weight excluding hydrogens is 369 g/mol. The van der Waals surface area contributed by atoms with E-state index < -0.39 is 8.60 Å². The standard InChI is InChI=1S/C18H22N3O5P/c1-24-14-7-15-17(16(8-14)25-2)20-10-13(9-19)18(15)21-5-3-12(4-6-21)11-26-27(22)23/h7-8,10,12,22-23H,3-6,11H2,1-2H3. The van der Waals surface area contributed by atoms with E-state index in [1.807, 2.05) is 6.07 Å². The van der Waals surface area contributed by atoms with Crippen molar-refractivity contribution in [1.29, 1.82) is 5.26 Å². The third-order valence-electron chi connectivity index (χ3n) is 4.81. The van der Waals surface area contributed by atoms with Crippen LogP contribution >= 0.6 is 8.60 Å². The Balaban J connectivity index is 1.95. The van der Waals surface area contributed by atoms with Crippen LogP contribution in [0.3, 0.4) is 0 Å². The molecule has 144 valence electrons. The number of hydrogen-bond acceptors (Lipinski definition) is 8. The number of nitrogens with zero attached hydrogens (tertiary/aromatic N) is 3. The second-order valence-corrected chi connectivity index (χ2v) is 7.10. The van der Waals surface area contributed by atoms with Crippen molar-refractivity contribution in [2.45, 2.75) is 12.8 Å².